The maximum absolute atomic E-state index is 6.27. The van der Waals surface area contributed by atoms with Crippen LogP contribution in [0, 0.1) is 0 Å². The number of ether oxygens (including phenoxy) is 1. The van der Waals surface area contributed by atoms with Crippen molar-refractivity contribution in [1.82, 2.24) is 25.5 Å². The van der Waals surface area contributed by atoms with Crippen LogP contribution in [0.1, 0.15) is 19.4 Å². The Morgan fingerprint density at radius 2 is 2.00 bits per heavy atom. The third-order valence-electron chi connectivity index (χ3n) is 3.64. The first kappa shape index (κ1) is 19.7. The van der Waals surface area contributed by atoms with Crippen LogP contribution in [-0.2, 0) is 6.54 Å². The minimum Gasteiger partial charge on any atom is -0.489 e. The minimum atomic E-state index is 0.107. The second kappa shape index (κ2) is 9.73. The number of hydrogen-bond donors (Lipinski definition) is 1. The van der Waals surface area contributed by atoms with Gasteiger partial charge in [-0.15, -0.1) is 5.10 Å². The third-order valence-corrected chi connectivity index (χ3v) is 4.86. The van der Waals surface area contributed by atoms with Crippen molar-refractivity contribution in [3.05, 3.63) is 59.1 Å². The number of tetrazole rings is 1. The molecule has 0 amide bonds. The van der Waals surface area contributed by atoms with Gasteiger partial charge in [-0.3, -0.25) is 0 Å². The molecule has 0 saturated carbocycles. The molecule has 6 nitrogen and oxygen atoms in total. The van der Waals surface area contributed by atoms with Crippen molar-refractivity contribution < 1.29 is 4.74 Å². The number of para-hydroxylation sites is 1. The van der Waals surface area contributed by atoms with E-state index in [1.165, 1.54) is 0 Å². The average Bonchev–Trinajstić information content (AvgIpc) is 3.12. The zero-order chi connectivity index (χ0) is 19.1. The summed E-state index contributed by atoms with van der Waals surface area (Å²) in [5, 5.41) is 16.8. The first-order chi connectivity index (χ1) is 13.1. The molecule has 0 spiro atoms. The van der Waals surface area contributed by atoms with Crippen molar-refractivity contribution >= 4 is 23.4 Å². The molecule has 0 saturated heterocycles. The Hall–Kier alpha value is -2.09. The van der Waals surface area contributed by atoms with Gasteiger partial charge >= 0.3 is 0 Å². The van der Waals surface area contributed by atoms with Crippen LogP contribution in [0.4, 0.5) is 0 Å². The number of halogens is 1. The van der Waals surface area contributed by atoms with Crippen LogP contribution in [0.3, 0.4) is 0 Å². The predicted molar refractivity (Wildman–Crippen MR) is 109 cm³/mol. The molecule has 1 heterocycles. The number of nitrogens with one attached hydrogen (secondary N) is 1. The van der Waals surface area contributed by atoms with E-state index in [1.807, 2.05) is 62.4 Å². The van der Waals surface area contributed by atoms with Gasteiger partial charge in [-0.1, -0.05) is 47.6 Å². The Labute approximate surface area is 168 Å². The lowest BCUT2D eigenvalue weighted by Gasteiger charge is -2.12. The van der Waals surface area contributed by atoms with Crippen LogP contribution in [0.5, 0.6) is 5.75 Å². The Balaban J connectivity index is 1.45. The third kappa shape index (κ3) is 5.69. The summed E-state index contributed by atoms with van der Waals surface area (Å²) < 4.78 is 7.40. The summed E-state index contributed by atoms with van der Waals surface area (Å²) in [4.78, 5) is 0. The highest BCUT2D eigenvalue weighted by Gasteiger charge is 2.08. The molecule has 0 unspecified atom stereocenters. The molecule has 0 aliphatic carbocycles. The zero-order valence-electron chi connectivity index (χ0n) is 15.3. The molecule has 2 aromatic carbocycles. The van der Waals surface area contributed by atoms with Crippen LogP contribution < -0.4 is 10.1 Å². The molecule has 0 fully saturated rings. The van der Waals surface area contributed by atoms with Gasteiger partial charge in [0.05, 0.1) is 16.8 Å². The second-order valence-electron chi connectivity index (χ2n) is 6.17. The van der Waals surface area contributed by atoms with Crippen LogP contribution in [0.25, 0.3) is 5.69 Å². The van der Waals surface area contributed by atoms with Crippen molar-refractivity contribution in [2.45, 2.75) is 31.7 Å². The van der Waals surface area contributed by atoms with Gasteiger partial charge in [0.25, 0.3) is 0 Å². The fraction of sp³-hybridized carbons (Fsp3) is 0.316. The van der Waals surface area contributed by atoms with E-state index in [4.69, 9.17) is 16.3 Å². The summed E-state index contributed by atoms with van der Waals surface area (Å²) in [6, 6.07) is 15.8. The summed E-state index contributed by atoms with van der Waals surface area (Å²) in [7, 11) is 0. The quantitative estimate of drug-likeness (QED) is 0.430. The van der Waals surface area contributed by atoms with E-state index in [9.17, 15) is 0 Å². The lowest BCUT2D eigenvalue weighted by Crippen LogP contribution is -2.17. The second-order valence-corrected chi connectivity index (χ2v) is 7.63. The number of nitrogens with zero attached hydrogens (tertiary/aromatic N) is 4. The van der Waals surface area contributed by atoms with Gasteiger partial charge in [0, 0.05) is 18.8 Å². The van der Waals surface area contributed by atoms with Crippen LogP contribution in [-0.4, -0.2) is 38.6 Å². The molecule has 0 aliphatic heterocycles. The van der Waals surface area contributed by atoms with Gasteiger partial charge in [0.1, 0.15) is 5.75 Å². The number of thioether (sulfide) groups is 1. The smallest absolute Gasteiger partial charge is 0.214 e. The molecule has 3 rings (SSSR count). The molecule has 142 valence electrons. The number of rotatable bonds is 9. The molecular formula is C19H22ClN5OS. The molecule has 0 aliphatic rings. The Morgan fingerprint density at radius 1 is 1.19 bits per heavy atom. The Kier molecular flexibility index (Phi) is 7.09. The molecule has 1 N–H and O–H groups in total. The van der Waals surface area contributed by atoms with Crippen LogP contribution in [0.2, 0.25) is 5.02 Å². The number of hydrogen-bond acceptors (Lipinski definition) is 6. The Morgan fingerprint density at radius 3 is 2.74 bits per heavy atom. The van der Waals surface area contributed by atoms with Gasteiger partial charge in [0.15, 0.2) is 0 Å². The van der Waals surface area contributed by atoms with Crippen molar-refractivity contribution in [3.8, 4) is 11.4 Å². The van der Waals surface area contributed by atoms with Gasteiger partial charge in [-0.05, 0) is 54.1 Å². The van der Waals surface area contributed by atoms with E-state index < -0.39 is 0 Å². The SMILES string of the molecule is CC(C)Oc1ccc(CNCCSc2nnnn2-c2ccccc2)cc1Cl. The largest absolute Gasteiger partial charge is 0.489 e. The lowest BCUT2D eigenvalue weighted by atomic mass is 10.2. The maximum atomic E-state index is 6.27. The van der Waals surface area contributed by atoms with Crippen molar-refractivity contribution in [1.29, 1.82) is 0 Å². The van der Waals surface area contributed by atoms with Gasteiger partial charge in [-0.25, -0.2) is 0 Å². The Bertz CT molecular complexity index is 856. The zero-order valence-corrected chi connectivity index (χ0v) is 16.9. The van der Waals surface area contributed by atoms with Gasteiger partial charge in [-0.2, -0.15) is 4.68 Å². The standard InChI is InChI=1S/C19H22ClN5OS/c1-14(2)26-18-9-8-15(12-17(18)20)13-21-10-11-27-19-22-23-24-25(19)16-6-4-3-5-7-16/h3-9,12,14,21H,10-11,13H2,1-2H3. The summed E-state index contributed by atoms with van der Waals surface area (Å²) in [5.74, 6) is 1.58. The number of benzene rings is 2. The monoisotopic (exact) mass is 403 g/mol. The minimum absolute atomic E-state index is 0.107. The first-order valence-corrected chi connectivity index (χ1v) is 10.1. The summed E-state index contributed by atoms with van der Waals surface area (Å²) in [5.41, 5.74) is 2.08. The van der Waals surface area contributed by atoms with Crippen molar-refractivity contribution in [3.63, 3.8) is 0 Å². The van der Waals surface area contributed by atoms with E-state index >= 15 is 0 Å². The average molecular weight is 404 g/mol. The molecule has 0 radical (unpaired) electrons. The van der Waals surface area contributed by atoms with E-state index in [-0.39, 0.29) is 6.10 Å². The van der Waals surface area contributed by atoms with E-state index in [1.54, 1.807) is 16.4 Å². The van der Waals surface area contributed by atoms with E-state index in [0.717, 1.165) is 41.0 Å². The molecule has 27 heavy (non-hydrogen) atoms. The molecule has 8 heteroatoms. The van der Waals surface area contributed by atoms with Gasteiger partial charge < -0.3 is 10.1 Å². The van der Waals surface area contributed by atoms with Crippen molar-refractivity contribution in [2.75, 3.05) is 12.3 Å². The van der Waals surface area contributed by atoms with Crippen molar-refractivity contribution in [2.24, 2.45) is 0 Å². The fourth-order valence-electron chi connectivity index (χ4n) is 2.45. The summed E-state index contributed by atoms with van der Waals surface area (Å²) >= 11 is 7.89. The van der Waals surface area contributed by atoms with Crippen LogP contribution >= 0.6 is 23.4 Å². The topological polar surface area (TPSA) is 64.9 Å². The van der Waals surface area contributed by atoms with Gasteiger partial charge in [0.2, 0.25) is 5.16 Å². The first-order valence-electron chi connectivity index (χ1n) is 8.76. The van der Waals surface area contributed by atoms with Crippen LogP contribution in [0.15, 0.2) is 53.7 Å². The highest BCUT2D eigenvalue weighted by molar-refractivity contribution is 7.99. The molecule has 1 aromatic heterocycles. The summed E-state index contributed by atoms with van der Waals surface area (Å²) in [6.45, 7) is 5.54. The highest BCUT2D eigenvalue weighted by atomic mass is 35.5. The highest BCUT2D eigenvalue weighted by Crippen LogP contribution is 2.26. The molecular weight excluding hydrogens is 382 g/mol. The van der Waals surface area contributed by atoms with E-state index in [2.05, 4.69) is 20.8 Å². The maximum Gasteiger partial charge on any atom is 0.214 e. The number of aromatic nitrogens is 4. The molecule has 3 aromatic rings. The predicted octanol–water partition coefficient (Wildman–Crippen LogP) is 3.98. The summed E-state index contributed by atoms with van der Waals surface area (Å²) in [6.07, 6.45) is 0.107. The normalized spacial score (nSPS) is 11.1. The fourth-order valence-corrected chi connectivity index (χ4v) is 3.49. The van der Waals surface area contributed by atoms with E-state index in [0.29, 0.717) is 5.02 Å². The molecule has 0 bridgehead atoms. The molecule has 0 atom stereocenters. The lowest BCUT2D eigenvalue weighted by molar-refractivity contribution is 0.242.